The average molecular weight is 408 g/mol. The van der Waals surface area contributed by atoms with Gasteiger partial charge in [-0.25, -0.2) is 0 Å². The Bertz CT molecular complexity index is 1230. The van der Waals surface area contributed by atoms with Crippen LogP contribution in [0.4, 0.5) is 0 Å². The van der Waals surface area contributed by atoms with E-state index in [1.807, 2.05) is 0 Å². The van der Waals surface area contributed by atoms with E-state index in [-0.39, 0.29) is 0 Å². The summed E-state index contributed by atoms with van der Waals surface area (Å²) >= 11 is 0. The predicted octanol–water partition coefficient (Wildman–Crippen LogP) is 7.02. The molecule has 3 heterocycles. The molecule has 0 N–H and O–H groups in total. The van der Waals surface area contributed by atoms with Crippen LogP contribution in [-0.4, -0.2) is 4.57 Å². The number of hydrogen-bond acceptors (Lipinski definition) is 0. The van der Waals surface area contributed by atoms with Gasteiger partial charge >= 0.3 is 0 Å². The summed E-state index contributed by atoms with van der Waals surface area (Å²) in [5.41, 5.74) is 12.2. The van der Waals surface area contributed by atoms with Crippen LogP contribution >= 0.6 is 0 Å². The van der Waals surface area contributed by atoms with E-state index in [2.05, 4.69) is 117 Å². The number of rotatable bonds is 4. The molecule has 2 heteroatoms. The van der Waals surface area contributed by atoms with Crippen molar-refractivity contribution in [1.82, 2.24) is 4.57 Å². The van der Waals surface area contributed by atoms with Crippen LogP contribution in [-0.2, 0) is 6.54 Å². The van der Waals surface area contributed by atoms with Crippen LogP contribution < -0.4 is 4.57 Å². The van der Waals surface area contributed by atoms with Crippen LogP contribution in [0.15, 0.2) is 72.9 Å². The molecule has 0 unspecified atom stereocenters. The van der Waals surface area contributed by atoms with Gasteiger partial charge in [0.25, 0.3) is 0 Å². The zero-order chi connectivity index (χ0) is 21.7. The minimum atomic E-state index is 0.429. The van der Waals surface area contributed by atoms with Gasteiger partial charge in [0.15, 0.2) is 12.7 Å². The van der Waals surface area contributed by atoms with Gasteiger partial charge in [0.05, 0.1) is 5.69 Å². The number of benzene rings is 2. The first kappa shape index (κ1) is 19.8. The van der Waals surface area contributed by atoms with E-state index in [1.54, 1.807) is 0 Å². The van der Waals surface area contributed by atoms with Gasteiger partial charge < -0.3 is 4.57 Å². The molecule has 156 valence electrons. The fraction of sp³-hybridized carbons (Fsp3) is 0.276. The van der Waals surface area contributed by atoms with Crippen LogP contribution in [0.2, 0.25) is 0 Å². The van der Waals surface area contributed by atoms with Gasteiger partial charge in [0.2, 0.25) is 5.69 Å². The standard InChI is InChI=1S/C29H31N2/c1-19(2)25-16-23(22-11-7-6-8-12-22)17-26(20(3)4)29(25)31-21(5)15-24-18-30-14-10-9-13-27(30)28(24)31/h6-17,19-20H,18H2,1-5H3/q+1. The van der Waals surface area contributed by atoms with E-state index in [1.165, 1.54) is 50.6 Å². The van der Waals surface area contributed by atoms with Crippen LogP contribution in [0.5, 0.6) is 0 Å². The highest BCUT2D eigenvalue weighted by Gasteiger charge is 2.33. The molecule has 1 aliphatic heterocycles. The maximum atomic E-state index is 2.54. The molecule has 0 spiro atoms. The average Bonchev–Trinajstić information content (AvgIpc) is 3.27. The highest BCUT2D eigenvalue weighted by molar-refractivity contribution is 5.73. The summed E-state index contributed by atoms with van der Waals surface area (Å²) in [7, 11) is 0. The molecule has 0 saturated carbocycles. The minimum absolute atomic E-state index is 0.429. The lowest BCUT2D eigenvalue weighted by atomic mass is 9.88. The molecular formula is C29H31N2+. The molecule has 31 heavy (non-hydrogen) atoms. The van der Waals surface area contributed by atoms with Gasteiger partial charge in [-0.1, -0.05) is 58.0 Å². The van der Waals surface area contributed by atoms with Crippen molar-refractivity contribution in [2.45, 2.75) is 53.0 Å². The number of aryl methyl sites for hydroxylation is 1. The Kier molecular flexibility index (Phi) is 4.81. The van der Waals surface area contributed by atoms with E-state index in [0.717, 1.165) is 6.54 Å². The molecule has 4 aromatic rings. The number of hydrogen-bond donors (Lipinski definition) is 0. The van der Waals surface area contributed by atoms with Crippen LogP contribution in [0.25, 0.3) is 28.2 Å². The third kappa shape index (κ3) is 3.22. The Hall–Kier alpha value is -3.13. The van der Waals surface area contributed by atoms with Crippen molar-refractivity contribution in [2.24, 2.45) is 0 Å². The highest BCUT2D eigenvalue weighted by Crippen LogP contribution is 2.41. The van der Waals surface area contributed by atoms with Crippen molar-refractivity contribution < 1.29 is 4.57 Å². The van der Waals surface area contributed by atoms with Crippen LogP contribution in [0.1, 0.15) is 61.9 Å². The highest BCUT2D eigenvalue weighted by atomic mass is 15.1. The molecule has 2 nitrogen and oxygen atoms in total. The fourth-order valence-electron chi connectivity index (χ4n) is 5.02. The summed E-state index contributed by atoms with van der Waals surface area (Å²) in [5, 5.41) is 0. The van der Waals surface area contributed by atoms with Crippen molar-refractivity contribution in [3.05, 3.63) is 95.3 Å². The normalized spacial score (nSPS) is 12.5. The molecule has 0 radical (unpaired) electrons. The molecule has 0 atom stereocenters. The number of aromatic nitrogens is 2. The lowest BCUT2D eigenvalue weighted by Crippen LogP contribution is -2.31. The number of nitrogens with zero attached hydrogens (tertiary/aromatic N) is 2. The van der Waals surface area contributed by atoms with E-state index >= 15 is 0 Å². The van der Waals surface area contributed by atoms with Crippen LogP contribution in [0.3, 0.4) is 0 Å². The fourth-order valence-corrected chi connectivity index (χ4v) is 5.02. The monoisotopic (exact) mass is 407 g/mol. The molecule has 0 aliphatic carbocycles. The van der Waals surface area contributed by atoms with Crippen molar-refractivity contribution in [2.75, 3.05) is 0 Å². The van der Waals surface area contributed by atoms with Crippen LogP contribution in [0, 0.1) is 6.92 Å². The zero-order valence-electron chi connectivity index (χ0n) is 19.2. The quantitative estimate of drug-likeness (QED) is 0.283. The molecule has 0 saturated heterocycles. The summed E-state index contributed by atoms with van der Waals surface area (Å²) in [4.78, 5) is 0. The van der Waals surface area contributed by atoms with Crippen molar-refractivity contribution >= 4 is 0 Å². The summed E-state index contributed by atoms with van der Waals surface area (Å²) < 4.78 is 4.90. The molecule has 5 rings (SSSR count). The Morgan fingerprint density at radius 2 is 1.42 bits per heavy atom. The molecule has 2 aromatic carbocycles. The lowest BCUT2D eigenvalue weighted by molar-refractivity contribution is -0.672. The van der Waals surface area contributed by atoms with Gasteiger partial charge in [-0.05, 0) is 65.3 Å². The maximum absolute atomic E-state index is 2.54. The number of pyridine rings is 1. The largest absolute Gasteiger partial charge is 0.308 e. The number of fused-ring (bicyclic) bond motifs is 3. The van der Waals surface area contributed by atoms with Crippen molar-refractivity contribution in [1.29, 1.82) is 0 Å². The Balaban J connectivity index is 1.83. The van der Waals surface area contributed by atoms with E-state index < -0.39 is 0 Å². The Labute approximate surface area is 185 Å². The van der Waals surface area contributed by atoms with Gasteiger partial charge in [-0.3, -0.25) is 0 Å². The summed E-state index contributed by atoms with van der Waals surface area (Å²) in [6.07, 6.45) is 2.19. The van der Waals surface area contributed by atoms with Crippen molar-refractivity contribution in [3.8, 4) is 28.2 Å². The third-order valence-corrected chi connectivity index (χ3v) is 6.53. The second-order valence-corrected chi connectivity index (χ2v) is 9.39. The van der Waals surface area contributed by atoms with E-state index in [9.17, 15) is 0 Å². The summed E-state index contributed by atoms with van der Waals surface area (Å²) in [6, 6.07) is 24.5. The SMILES string of the molecule is Cc1cc2c(n1-c1c(C(C)C)cc(-c3ccccc3)cc1C(C)C)-c1cccc[n+]1C2. The summed E-state index contributed by atoms with van der Waals surface area (Å²) in [6.45, 7) is 12.5. The third-order valence-electron chi connectivity index (χ3n) is 6.53. The maximum Gasteiger partial charge on any atom is 0.230 e. The van der Waals surface area contributed by atoms with Gasteiger partial charge in [0.1, 0.15) is 5.69 Å². The summed E-state index contributed by atoms with van der Waals surface area (Å²) in [5.74, 6) is 0.857. The smallest absolute Gasteiger partial charge is 0.230 e. The Morgan fingerprint density at radius 1 is 0.774 bits per heavy atom. The first-order valence-electron chi connectivity index (χ1n) is 11.4. The topological polar surface area (TPSA) is 8.81 Å². The molecule has 1 aliphatic rings. The predicted molar refractivity (Wildman–Crippen MR) is 129 cm³/mol. The lowest BCUT2D eigenvalue weighted by Gasteiger charge is -2.24. The van der Waals surface area contributed by atoms with Crippen molar-refractivity contribution in [3.63, 3.8) is 0 Å². The minimum Gasteiger partial charge on any atom is -0.308 e. The molecule has 0 fully saturated rings. The molecular weight excluding hydrogens is 376 g/mol. The molecule has 0 bridgehead atoms. The van der Waals surface area contributed by atoms with E-state index in [0.29, 0.717) is 11.8 Å². The molecule has 0 amide bonds. The first-order chi connectivity index (χ1) is 15.0. The Morgan fingerprint density at radius 3 is 2.06 bits per heavy atom. The van der Waals surface area contributed by atoms with Gasteiger partial charge in [-0.15, -0.1) is 0 Å². The van der Waals surface area contributed by atoms with E-state index in [4.69, 9.17) is 0 Å². The van der Waals surface area contributed by atoms with Gasteiger partial charge in [-0.2, -0.15) is 4.57 Å². The van der Waals surface area contributed by atoms with Gasteiger partial charge in [0, 0.05) is 23.4 Å². The first-order valence-corrected chi connectivity index (χ1v) is 11.4. The molecule has 2 aromatic heterocycles. The zero-order valence-corrected chi connectivity index (χ0v) is 19.2. The second kappa shape index (κ2) is 7.53. The second-order valence-electron chi connectivity index (χ2n) is 9.39.